The van der Waals surface area contributed by atoms with Crippen molar-refractivity contribution >= 4 is 11.6 Å². The van der Waals surface area contributed by atoms with Crippen LogP contribution in [-0.2, 0) is 11.2 Å². The third-order valence-corrected chi connectivity index (χ3v) is 3.54. The van der Waals surface area contributed by atoms with E-state index in [-0.39, 0.29) is 12.5 Å². The lowest BCUT2D eigenvalue weighted by atomic mass is 10.1. The number of methoxy groups -OCH3 is 1. The van der Waals surface area contributed by atoms with Crippen molar-refractivity contribution in [2.75, 3.05) is 13.7 Å². The second kappa shape index (κ2) is 8.72. The first-order valence-corrected chi connectivity index (χ1v) is 7.81. The van der Waals surface area contributed by atoms with Crippen LogP contribution in [0.1, 0.15) is 25.0 Å². The number of amides is 1. The van der Waals surface area contributed by atoms with Gasteiger partial charge in [-0.25, -0.2) is 5.43 Å². The van der Waals surface area contributed by atoms with Gasteiger partial charge in [0.2, 0.25) is 0 Å². The summed E-state index contributed by atoms with van der Waals surface area (Å²) in [5.41, 5.74) is 5.29. The number of hydrogen-bond donors (Lipinski definition) is 1. The van der Waals surface area contributed by atoms with E-state index in [2.05, 4.69) is 17.5 Å². The van der Waals surface area contributed by atoms with E-state index >= 15 is 0 Å². The minimum atomic E-state index is -0.309. The van der Waals surface area contributed by atoms with Gasteiger partial charge in [0.25, 0.3) is 5.91 Å². The van der Waals surface area contributed by atoms with Gasteiger partial charge in [-0.2, -0.15) is 5.10 Å². The number of hydrogen-bond acceptors (Lipinski definition) is 4. The molecular weight excluding hydrogens is 304 g/mol. The van der Waals surface area contributed by atoms with Gasteiger partial charge >= 0.3 is 0 Å². The molecule has 0 aromatic heterocycles. The van der Waals surface area contributed by atoms with Crippen LogP contribution in [0.5, 0.6) is 11.5 Å². The van der Waals surface area contributed by atoms with Gasteiger partial charge in [-0.3, -0.25) is 4.79 Å². The molecule has 126 valence electrons. The van der Waals surface area contributed by atoms with E-state index in [0.717, 1.165) is 17.7 Å². The molecule has 5 nitrogen and oxygen atoms in total. The Bertz CT molecular complexity index is 709. The molecule has 0 unspecified atom stereocenters. The van der Waals surface area contributed by atoms with E-state index in [1.54, 1.807) is 7.11 Å². The number of nitrogens with one attached hydrogen (secondary N) is 1. The topological polar surface area (TPSA) is 59.9 Å². The Morgan fingerprint density at radius 3 is 2.54 bits per heavy atom. The predicted octanol–water partition coefficient (Wildman–Crippen LogP) is 3.18. The van der Waals surface area contributed by atoms with E-state index in [0.29, 0.717) is 11.5 Å². The largest absolute Gasteiger partial charge is 0.497 e. The van der Waals surface area contributed by atoms with Crippen LogP contribution in [-0.4, -0.2) is 25.3 Å². The number of ether oxygens (including phenoxy) is 2. The molecule has 0 spiro atoms. The molecule has 2 aromatic rings. The molecule has 2 rings (SSSR count). The van der Waals surface area contributed by atoms with Crippen LogP contribution in [0.25, 0.3) is 0 Å². The molecule has 0 fully saturated rings. The zero-order valence-corrected chi connectivity index (χ0v) is 14.2. The van der Waals surface area contributed by atoms with Crippen molar-refractivity contribution in [3.05, 3.63) is 59.7 Å². The van der Waals surface area contributed by atoms with E-state index in [9.17, 15) is 4.79 Å². The second-order valence-corrected chi connectivity index (χ2v) is 5.25. The van der Waals surface area contributed by atoms with Crippen molar-refractivity contribution in [1.82, 2.24) is 5.43 Å². The summed E-state index contributed by atoms with van der Waals surface area (Å²) in [6.07, 6.45) is 0.971. The van der Waals surface area contributed by atoms with Gasteiger partial charge in [-0.15, -0.1) is 0 Å². The summed E-state index contributed by atoms with van der Waals surface area (Å²) < 4.78 is 10.6. The van der Waals surface area contributed by atoms with Gasteiger partial charge in [0.05, 0.1) is 12.8 Å². The van der Waals surface area contributed by atoms with Crippen molar-refractivity contribution < 1.29 is 14.3 Å². The second-order valence-electron chi connectivity index (χ2n) is 5.25. The Morgan fingerprint density at radius 2 is 1.88 bits per heavy atom. The Labute approximate surface area is 142 Å². The average Bonchev–Trinajstić information content (AvgIpc) is 2.64. The quantitative estimate of drug-likeness (QED) is 0.628. The zero-order valence-electron chi connectivity index (χ0n) is 14.2. The standard InChI is InChI=1S/C19H22N2O3/c1-4-15-8-10-17(11-9-15)24-13-19(22)21-20-14(2)16-6-5-7-18(12-16)23-3/h5-12H,4,13H2,1-3H3,(H,21,22)/b20-14-. The molecule has 0 bridgehead atoms. The van der Waals surface area contributed by atoms with Crippen LogP contribution in [0.15, 0.2) is 53.6 Å². The maximum Gasteiger partial charge on any atom is 0.277 e. The summed E-state index contributed by atoms with van der Waals surface area (Å²) in [6.45, 7) is 3.83. The van der Waals surface area contributed by atoms with Gasteiger partial charge in [0.15, 0.2) is 6.61 Å². The van der Waals surface area contributed by atoms with Crippen LogP contribution in [0, 0.1) is 0 Å². The minimum Gasteiger partial charge on any atom is -0.497 e. The zero-order chi connectivity index (χ0) is 17.4. The highest BCUT2D eigenvalue weighted by atomic mass is 16.5. The van der Waals surface area contributed by atoms with Crippen LogP contribution in [0.3, 0.4) is 0 Å². The lowest BCUT2D eigenvalue weighted by Crippen LogP contribution is -2.25. The first-order valence-electron chi connectivity index (χ1n) is 7.81. The summed E-state index contributed by atoms with van der Waals surface area (Å²) >= 11 is 0. The fourth-order valence-corrected chi connectivity index (χ4v) is 2.06. The first-order chi connectivity index (χ1) is 11.6. The number of nitrogens with zero attached hydrogens (tertiary/aromatic N) is 1. The van der Waals surface area contributed by atoms with Gasteiger partial charge < -0.3 is 9.47 Å². The van der Waals surface area contributed by atoms with Gasteiger partial charge in [0, 0.05) is 5.56 Å². The van der Waals surface area contributed by atoms with Crippen molar-refractivity contribution in [2.24, 2.45) is 5.10 Å². The number of carbonyl (C=O) groups is 1. The maximum absolute atomic E-state index is 11.8. The van der Waals surface area contributed by atoms with Gasteiger partial charge in [-0.05, 0) is 43.2 Å². The third kappa shape index (κ3) is 5.12. The summed E-state index contributed by atoms with van der Waals surface area (Å²) in [4.78, 5) is 11.8. The molecule has 0 aliphatic heterocycles. The summed E-state index contributed by atoms with van der Waals surface area (Å²) in [7, 11) is 1.61. The molecule has 0 heterocycles. The van der Waals surface area contributed by atoms with E-state index in [1.807, 2.05) is 55.5 Å². The first kappa shape index (κ1) is 17.5. The minimum absolute atomic E-state index is 0.0830. The van der Waals surface area contributed by atoms with Gasteiger partial charge in [0.1, 0.15) is 11.5 Å². The van der Waals surface area contributed by atoms with Crippen molar-refractivity contribution in [3.63, 3.8) is 0 Å². The van der Waals surface area contributed by atoms with Crippen LogP contribution < -0.4 is 14.9 Å². The Kier molecular flexibility index (Phi) is 6.37. The van der Waals surface area contributed by atoms with E-state index in [1.165, 1.54) is 5.56 Å². The summed E-state index contributed by atoms with van der Waals surface area (Å²) in [5, 5.41) is 4.09. The monoisotopic (exact) mass is 326 g/mol. The average molecular weight is 326 g/mol. The molecule has 0 atom stereocenters. The summed E-state index contributed by atoms with van der Waals surface area (Å²) in [5.74, 6) is 1.10. The lowest BCUT2D eigenvalue weighted by molar-refractivity contribution is -0.123. The Morgan fingerprint density at radius 1 is 1.12 bits per heavy atom. The number of carbonyl (C=O) groups excluding carboxylic acids is 1. The predicted molar refractivity (Wildman–Crippen MR) is 94.7 cm³/mol. The normalized spacial score (nSPS) is 11.0. The van der Waals surface area contributed by atoms with Crippen LogP contribution in [0.2, 0.25) is 0 Å². The number of aryl methyl sites for hydroxylation is 1. The maximum atomic E-state index is 11.8. The number of hydrazone groups is 1. The van der Waals surface area contributed by atoms with Crippen molar-refractivity contribution in [1.29, 1.82) is 0 Å². The molecule has 24 heavy (non-hydrogen) atoms. The third-order valence-electron chi connectivity index (χ3n) is 3.54. The van der Waals surface area contributed by atoms with E-state index in [4.69, 9.17) is 9.47 Å². The fourth-order valence-electron chi connectivity index (χ4n) is 2.06. The van der Waals surface area contributed by atoms with Crippen molar-refractivity contribution in [3.8, 4) is 11.5 Å². The SMILES string of the molecule is CCc1ccc(OCC(=O)N/N=C(/C)c2cccc(OC)c2)cc1. The fraction of sp³-hybridized carbons (Fsp3) is 0.263. The molecule has 0 saturated heterocycles. The molecular formula is C19H22N2O3. The molecule has 1 N–H and O–H groups in total. The van der Waals surface area contributed by atoms with Crippen LogP contribution >= 0.6 is 0 Å². The van der Waals surface area contributed by atoms with E-state index < -0.39 is 0 Å². The molecule has 1 amide bonds. The molecule has 0 saturated carbocycles. The smallest absolute Gasteiger partial charge is 0.277 e. The molecule has 0 aliphatic carbocycles. The highest BCUT2D eigenvalue weighted by molar-refractivity contribution is 5.99. The molecule has 2 aromatic carbocycles. The van der Waals surface area contributed by atoms with Crippen molar-refractivity contribution in [2.45, 2.75) is 20.3 Å². The van der Waals surface area contributed by atoms with Crippen LogP contribution in [0.4, 0.5) is 0 Å². The number of benzene rings is 2. The lowest BCUT2D eigenvalue weighted by Gasteiger charge is -2.07. The summed E-state index contributed by atoms with van der Waals surface area (Å²) in [6, 6.07) is 15.2. The Hall–Kier alpha value is -2.82. The molecule has 0 aliphatic rings. The highest BCUT2D eigenvalue weighted by Crippen LogP contribution is 2.13. The molecule has 0 radical (unpaired) electrons. The molecule has 5 heteroatoms. The number of rotatable bonds is 7. The van der Waals surface area contributed by atoms with Gasteiger partial charge in [-0.1, -0.05) is 31.2 Å². The highest BCUT2D eigenvalue weighted by Gasteiger charge is 2.04. The Balaban J connectivity index is 1.86.